The first kappa shape index (κ1) is 12.3. The van der Waals surface area contributed by atoms with Gasteiger partial charge in [-0.15, -0.1) is 0 Å². The third-order valence-electron chi connectivity index (χ3n) is 2.16. The summed E-state index contributed by atoms with van der Waals surface area (Å²) in [7, 11) is 3.04. The molecular formula is C10H11ClN4O3. The average Bonchev–Trinajstić information content (AvgIpc) is 2.75. The minimum Gasteiger partial charge on any atom is -0.495 e. The van der Waals surface area contributed by atoms with Gasteiger partial charge in [-0.3, -0.25) is 0 Å². The Kier molecular flexibility index (Phi) is 3.42. The van der Waals surface area contributed by atoms with E-state index in [0.29, 0.717) is 22.2 Å². The van der Waals surface area contributed by atoms with Gasteiger partial charge in [-0.25, -0.2) is 0 Å². The van der Waals surface area contributed by atoms with Crippen molar-refractivity contribution in [2.24, 2.45) is 0 Å². The summed E-state index contributed by atoms with van der Waals surface area (Å²) in [4.78, 5) is 0. The average molecular weight is 271 g/mol. The van der Waals surface area contributed by atoms with Gasteiger partial charge in [-0.2, -0.15) is 0 Å². The van der Waals surface area contributed by atoms with Gasteiger partial charge in [-0.1, -0.05) is 21.8 Å². The van der Waals surface area contributed by atoms with E-state index in [1.807, 2.05) is 0 Å². The van der Waals surface area contributed by atoms with E-state index < -0.39 is 0 Å². The highest BCUT2D eigenvalue weighted by molar-refractivity contribution is 6.32. The molecule has 2 rings (SSSR count). The molecule has 0 aliphatic heterocycles. The van der Waals surface area contributed by atoms with Crippen LogP contribution in [0.3, 0.4) is 0 Å². The summed E-state index contributed by atoms with van der Waals surface area (Å²) in [6.45, 7) is 0. The first-order valence-electron chi connectivity index (χ1n) is 4.91. The maximum Gasteiger partial charge on any atom is 0.321 e. The fraction of sp³-hybridized carbons (Fsp3) is 0.200. The second-order valence-electron chi connectivity index (χ2n) is 3.26. The summed E-state index contributed by atoms with van der Waals surface area (Å²) in [5.74, 6) is 1.03. The number of halogens is 1. The van der Waals surface area contributed by atoms with Gasteiger partial charge in [0.1, 0.15) is 11.5 Å². The minimum absolute atomic E-state index is 0.0314. The van der Waals surface area contributed by atoms with Crippen molar-refractivity contribution in [3.8, 4) is 11.5 Å². The molecule has 0 fully saturated rings. The number of ether oxygens (including phenoxy) is 2. The first-order valence-corrected chi connectivity index (χ1v) is 5.29. The number of methoxy groups -OCH3 is 2. The van der Waals surface area contributed by atoms with Gasteiger partial charge in [0.25, 0.3) is 0 Å². The Balaban J connectivity index is 2.34. The molecule has 18 heavy (non-hydrogen) atoms. The van der Waals surface area contributed by atoms with Crippen molar-refractivity contribution < 1.29 is 13.9 Å². The summed E-state index contributed by atoms with van der Waals surface area (Å²) in [6.07, 6.45) is 0. The normalized spacial score (nSPS) is 10.2. The van der Waals surface area contributed by atoms with Crippen LogP contribution in [0.25, 0.3) is 0 Å². The number of aromatic nitrogens is 2. The lowest BCUT2D eigenvalue weighted by Crippen LogP contribution is -1.96. The summed E-state index contributed by atoms with van der Waals surface area (Å²) in [6, 6.07) is 3.38. The van der Waals surface area contributed by atoms with Crippen LogP contribution in [0.5, 0.6) is 11.5 Å². The zero-order valence-corrected chi connectivity index (χ0v) is 10.5. The number of benzene rings is 1. The van der Waals surface area contributed by atoms with E-state index in [-0.39, 0.29) is 12.0 Å². The van der Waals surface area contributed by atoms with Crippen molar-refractivity contribution in [2.75, 3.05) is 25.3 Å². The van der Waals surface area contributed by atoms with Crippen LogP contribution in [0.2, 0.25) is 5.02 Å². The second kappa shape index (κ2) is 5.01. The zero-order chi connectivity index (χ0) is 13.1. The van der Waals surface area contributed by atoms with Gasteiger partial charge in [-0.05, 0) is 6.07 Å². The number of rotatable bonds is 4. The molecule has 0 bridgehead atoms. The Labute approximate surface area is 108 Å². The molecule has 96 valence electrons. The fourth-order valence-electron chi connectivity index (χ4n) is 1.36. The van der Waals surface area contributed by atoms with Crippen molar-refractivity contribution in [1.29, 1.82) is 0 Å². The summed E-state index contributed by atoms with van der Waals surface area (Å²) in [5.41, 5.74) is 5.88. The second-order valence-corrected chi connectivity index (χ2v) is 3.66. The van der Waals surface area contributed by atoms with E-state index >= 15 is 0 Å². The van der Waals surface area contributed by atoms with Crippen LogP contribution in [0.15, 0.2) is 16.5 Å². The molecule has 7 nitrogen and oxygen atoms in total. The monoisotopic (exact) mass is 270 g/mol. The van der Waals surface area contributed by atoms with Crippen LogP contribution in [0, 0.1) is 0 Å². The van der Waals surface area contributed by atoms with Gasteiger partial charge >= 0.3 is 12.0 Å². The van der Waals surface area contributed by atoms with E-state index in [4.69, 9.17) is 31.2 Å². The van der Waals surface area contributed by atoms with Crippen molar-refractivity contribution >= 4 is 29.3 Å². The molecule has 1 aromatic carbocycles. The Hall–Kier alpha value is -2.15. The minimum atomic E-state index is -0.0314. The van der Waals surface area contributed by atoms with Gasteiger partial charge < -0.3 is 24.9 Å². The van der Waals surface area contributed by atoms with Crippen LogP contribution in [0.1, 0.15) is 0 Å². The van der Waals surface area contributed by atoms with E-state index in [0.717, 1.165) is 0 Å². The smallest absolute Gasteiger partial charge is 0.321 e. The van der Waals surface area contributed by atoms with Crippen LogP contribution < -0.4 is 20.5 Å². The Morgan fingerprint density at radius 1 is 1.22 bits per heavy atom. The SMILES string of the molecule is COc1cc(OC)c(Nc2nnc(N)o2)cc1Cl. The predicted octanol–water partition coefficient (Wildman–Crippen LogP) is 2.07. The lowest BCUT2D eigenvalue weighted by atomic mass is 10.2. The summed E-state index contributed by atoms with van der Waals surface area (Å²) >= 11 is 6.02. The molecule has 0 aliphatic rings. The van der Waals surface area contributed by atoms with Crippen molar-refractivity contribution in [3.05, 3.63) is 17.2 Å². The molecule has 0 unspecified atom stereocenters. The van der Waals surface area contributed by atoms with E-state index in [2.05, 4.69) is 15.5 Å². The molecular weight excluding hydrogens is 260 g/mol. The molecule has 0 spiro atoms. The van der Waals surface area contributed by atoms with Gasteiger partial charge in [0.2, 0.25) is 0 Å². The molecule has 1 aromatic heterocycles. The highest BCUT2D eigenvalue weighted by atomic mass is 35.5. The van der Waals surface area contributed by atoms with E-state index in [1.165, 1.54) is 14.2 Å². The molecule has 8 heteroatoms. The third kappa shape index (κ3) is 2.40. The van der Waals surface area contributed by atoms with Crippen molar-refractivity contribution in [3.63, 3.8) is 0 Å². The quantitative estimate of drug-likeness (QED) is 0.878. The predicted molar refractivity (Wildman–Crippen MR) is 66.5 cm³/mol. The molecule has 0 amide bonds. The van der Waals surface area contributed by atoms with Crippen LogP contribution in [-0.4, -0.2) is 24.4 Å². The maximum atomic E-state index is 6.02. The van der Waals surface area contributed by atoms with E-state index in [9.17, 15) is 0 Å². The van der Waals surface area contributed by atoms with Gasteiger partial charge in [0.15, 0.2) is 0 Å². The number of nitrogens with zero attached hydrogens (tertiary/aromatic N) is 2. The third-order valence-corrected chi connectivity index (χ3v) is 2.45. The van der Waals surface area contributed by atoms with Crippen molar-refractivity contribution in [2.45, 2.75) is 0 Å². The largest absolute Gasteiger partial charge is 0.495 e. The lowest BCUT2D eigenvalue weighted by molar-refractivity contribution is 0.395. The Morgan fingerprint density at radius 3 is 2.50 bits per heavy atom. The number of hydrogen-bond acceptors (Lipinski definition) is 7. The number of nitrogens with two attached hydrogens (primary N) is 1. The Bertz CT molecular complexity index is 558. The van der Waals surface area contributed by atoms with Crippen LogP contribution in [-0.2, 0) is 0 Å². The van der Waals surface area contributed by atoms with Gasteiger partial charge in [0.05, 0.1) is 24.9 Å². The molecule has 0 saturated heterocycles. The molecule has 3 N–H and O–H groups in total. The molecule has 0 aliphatic carbocycles. The zero-order valence-electron chi connectivity index (χ0n) is 9.73. The number of nitrogen functional groups attached to an aromatic ring is 1. The summed E-state index contributed by atoms with van der Waals surface area (Å²) < 4.78 is 15.3. The molecule has 0 atom stereocenters. The van der Waals surface area contributed by atoms with Crippen LogP contribution in [0.4, 0.5) is 17.7 Å². The molecule has 0 saturated carbocycles. The molecule has 0 radical (unpaired) electrons. The lowest BCUT2D eigenvalue weighted by Gasteiger charge is -2.11. The standard InChI is InChI=1S/C10H11ClN4O3/c1-16-7-4-8(17-2)6(3-5(7)11)13-10-15-14-9(12)18-10/h3-4H,1-2H3,(H2,12,14)(H,13,15). The van der Waals surface area contributed by atoms with Crippen molar-refractivity contribution in [1.82, 2.24) is 10.2 Å². The van der Waals surface area contributed by atoms with E-state index in [1.54, 1.807) is 12.1 Å². The highest BCUT2D eigenvalue weighted by Gasteiger charge is 2.12. The van der Waals surface area contributed by atoms with Gasteiger partial charge in [0, 0.05) is 6.07 Å². The molecule has 2 aromatic rings. The topological polar surface area (TPSA) is 95.4 Å². The number of anilines is 3. The Morgan fingerprint density at radius 2 is 1.94 bits per heavy atom. The number of nitrogens with one attached hydrogen (secondary N) is 1. The van der Waals surface area contributed by atoms with Crippen LogP contribution >= 0.6 is 11.6 Å². The number of hydrogen-bond donors (Lipinski definition) is 2. The summed E-state index contributed by atoms with van der Waals surface area (Å²) in [5, 5.41) is 10.5. The highest BCUT2D eigenvalue weighted by Crippen LogP contribution is 2.37. The maximum absolute atomic E-state index is 6.02. The fourth-order valence-corrected chi connectivity index (χ4v) is 1.60. The molecule has 1 heterocycles. The first-order chi connectivity index (χ1) is 8.63.